The number of likely N-dealkylation sites (tertiary alicyclic amines) is 1. The second-order valence-corrected chi connectivity index (χ2v) is 5.06. The van der Waals surface area contributed by atoms with Crippen LogP contribution in [0.2, 0.25) is 0 Å². The number of nitrogens with two attached hydrogens (primary N) is 1. The van der Waals surface area contributed by atoms with E-state index in [1.165, 1.54) is 26.1 Å². The maximum Gasteiger partial charge on any atom is 0.254 e. The fourth-order valence-corrected chi connectivity index (χ4v) is 2.25. The van der Waals surface area contributed by atoms with Crippen LogP contribution in [0.25, 0.3) is 0 Å². The third-order valence-electron chi connectivity index (χ3n) is 3.48. The number of amides is 3. The summed E-state index contributed by atoms with van der Waals surface area (Å²) >= 11 is 0. The van der Waals surface area contributed by atoms with Gasteiger partial charge in [-0.15, -0.1) is 0 Å². The molecule has 112 valence electrons. The van der Waals surface area contributed by atoms with Crippen LogP contribution in [0.15, 0.2) is 12.1 Å². The van der Waals surface area contributed by atoms with E-state index >= 15 is 0 Å². The third-order valence-corrected chi connectivity index (χ3v) is 3.48. The minimum absolute atomic E-state index is 0.158. The Kier molecular flexibility index (Phi) is 3.93. The molecule has 0 spiro atoms. The van der Waals surface area contributed by atoms with E-state index in [-0.39, 0.29) is 35.6 Å². The smallest absolute Gasteiger partial charge is 0.254 e. The quantitative estimate of drug-likeness (QED) is 0.616. The van der Waals surface area contributed by atoms with Crippen molar-refractivity contribution in [3.05, 3.63) is 29.1 Å². The number of nitrogen functional groups attached to an aromatic ring is 1. The summed E-state index contributed by atoms with van der Waals surface area (Å²) in [5.41, 5.74) is 5.91. The van der Waals surface area contributed by atoms with Crippen LogP contribution < -0.4 is 11.1 Å². The molecular formula is C14H16FN3O3. The Hall–Kier alpha value is -2.44. The number of hydrogen-bond acceptors (Lipinski definition) is 4. The van der Waals surface area contributed by atoms with Crippen LogP contribution in [0.1, 0.15) is 28.8 Å². The van der Waals surface area contributed by atoms with Gasteiger partial charge in [-0.2, -0.15) is 0 Å². The summed E-state index contributed by atoms with van der Waals surface area (Å²) in [5.74, 6) is -2.18. The molecule has 1 saturated heterocycles. The lowest BCUT2D eigenvalue weighted by molar-refractivity contribution is -0.147. The van der Waals surface area contributed by atoms with Crippen molar-refractivity contribution in [3.8, 4) is 0 Å². The predicted octanol–water partition coefficient (Wildman–Crippen LogP) is 0.594. The van der Waals surface area contributed by atoms with E-state index in [9.17, 15) is 18.8 Å². The number of benzene rings is 1. The van der Waals surface area contributed by atoms with Gasteiger partial charge in [0.1, 0.15) is 11.9 Å². The molecule has 3 amide bonds. The first kappa shape index (κ1) is 15.0. The van der Waals surface area contributed by atoms with Gasteiger partial charge in [0.05, 0.1) is 5.56 Å². The van der Waals surface area contributed by atoms with E-state index in [2.05, 4.69) is 5.32 Å². The second-order valence-electron chi connectivity index (χ2n) is 5.06. The average Bonchev–Trinajstić information content (AvgIpc) is 2.43. The molecular weight excluding hydrogens is 277 g/mol. The number of carbonyl (C=O) groups is 3. The molecule has 1 aliphatic rings. The highest BCUT2D eigenvalue weighted by molar-refractivity contribution is 6.03. The van der Waals surface area contributed by atoms with Crippen molar-refractivity contribution in [1.29, 1.82) is 0 Å². The lowest BCUT2D eigenvalue weighted by atomic mass is 10.0. The molecule has 0 aliphatic carbocycles. The van der Waals surface area contributed by atoms with Gasteiger partial charge in [0.2, 0.25) is 5.91 Å². The Balaban J connectivity index is 2.19. The molecule has 0 bridgehead atoms. The van der Waals surface area contributed by atoms with Crippen LogP contribution in [-0.2, 0) is 9.59 Å². The van der Waals surface area contributed by atoms with Crippen molar-refractivity contribution in [1.82, 2.24) is 10.2 Å². The summed E-state index contributed by atoms with van der Waals surface area (Å²) in [6.07, 6.45) is 0.363. The highest BCUT2D eigenvalue weighted by Crippen LogP contribution is 2.18. The Morgan fingerprint density at radius 3 is 2.76 bits per heavy atom. The maximum atomic E-state index is 14.0. The van der Waals surface area contributed by atoms with Crippen molar-refractivity contribution >= 4 is 23.4 Å². The van der Waals surface area contributed by atoms with Gasteiger partial charge in [-0.1, -0.05) is 0 Å². The monoisotopic (exact) mass is 293 g/mol. The van der Waals surface area contributed by atoms with Crippen molar-refractivity contribution in [2.45, 2.75) is 25.8 Å². The van der Waals surface area contributed by atoms with E-state index in [4.69, 9.17) is 5.73 Å². The molecule has 0 aromatic heterocycles. The summed E-state index contributed by atoms with van der Waals surface area (Å²) in [7, 11) is 1.36. The van der Waals surface area contributed by atoms with Gasteiger partial charge in [0, 0.05) is 19.2 Å². The van der Waals surface area contributed by atoms with Gasteiger partial charge in [-0.25, -0.2) is 4.39 Å². The molecule has 1 aromatic carbocycles. The number of halogens is 1. The SMILES string of the molecule is Cc1cc(N)cc(C(=O)NC2CCC(=O)N(C)C2=O)c1F. The number of carbonyl (C=O) groups excluding carboxylic acids is 3. The summed E-state index contributed by atoms with van der Waals surface area (Å²) < 4.78 is 14.0. The van der Waals surface area contributed by atoms with Crippen LogP contribution in [0, 0.1) is 12.7 Å². The van der Waals surface area contributed by atoms with Crippen LogP contribution in [0.3, 0.4) is 0 Å². The number of piperidine rings is 1. The normalized spacial score (nSPS) is 18.8. The van der Waals surface area contributed by atoms with Crippen LogP contribution in [0.5, 0.6) is 0 Å². The number of hydrogen-bond donors (Lipinski definition) is 2. The summed E-state index contributed by atoms with van der Waals surface area (Å²) in [6, 6.07) is 1.81. The number of imide groups is 1. The lowest BCUT2D eigenvalue weighted by Gasteiger charge is -2.28. The number of anilines is 1. The average molecular weight is 293 g/mol. The third kappa shape index (κ3) is 2.86. The fourth-order valence-electron chi connectivity index (χ4n) is 2.25. The largest absolute Gasteiger partial charge is 0.399 e. The zero-order valence-electron chi connectivity index (χ0n) is 11.8. The summed E-state index contributed by atoms with van der Waals surface area (Å²) in [6.45, 7) is 1.50. The highest BCUT2D eigenvalue weighted by Gasteiger charge is 2.33. The molecule has 1 atom stereocenters. The molecule has 0 saturated carbocycles. The maximum absolute atomic E-state index is 14.0. The number of nitrogens with zero attached hydrogens (tertiary/aromatic N) is 1. The zero-order chi connectivity index (χ0) is 15.7. The number of likely N-dealkylation sites (N-methyl/N-ethyl adjacent to an activating group) is 1. The van der Waals surface area contributed by atoms with Crippen LogP contribution in [0.4, 0.5) is 10.1 Å². The minimum Gasteiger partial charge on any atom is -0.399 e. The van der Waals surface area contributed by atoms with E-state index < -0.39 is 23.7 Å². The van der Waals surface area contributed by atoms with E-state index in [1.807, 2.05) is 0 Å². The first-order valence-electron chi connectivity index (χ1n) is 6.48. The van der Waals surface area contributed by atoms with Crippen LogP contribution in [-0.4, -0.2) is 35.7 Å². The molecule has 1 fully saturated rings. The molecule has 6 nitrogen and oxygen atoms in total. The fraction of sp³-hybridized carbons (Fsp3) is 0.357. The topological polar surface area (TPSA) is 92.5 Å². The van der Waals surface area contributed by atoms with E-state index in [0.29, 0.717) is 0 Å². The van der Waals surface area contributed by atoms with Gasteiger partial charge in [-0.05, 0) is 31.0 Å². The molecule has 1 aliphatic heterocycles. The van der Waals surface area contributed by atoms with E-state index in [1.54, 1.807) is 0 Å². The van der Waals surface area contributed by atoms with Gasteiger partial charge in [-0.3, -0.25) is 19.3 Å². The van der Waals surface area contributed by atoms with Crippen molar-refractivity contribution in [2.75, 3.05) is 12.8 Å². The highest BCUT2D eigenvalue weighted by atomic mass is 19.1. The van der Waals surface area contributed by atoms with Crippen molar-refractivity contribution in [2.24, 2.45) is 0 Å². The molecule has 1 aromatic rings. The van der Waals surface area contributed by atoms with Gasteiger partial charge >= 0.3 is 0 Å². The summed E-state index contributed by atoms with van der Waals surface area (Å²) in [5, 5.41) is 2.45. The second kappa shape index (κ2) is 5.51. The molecule has 1 unspecified atom stereocenters. The Morgan fingerprint density at radius 1 is 1.43 bits per heavy atom. The predicted molar refractivity (Wildman–Crippen MR) is 73.8 cm³/mol. The first-order chi connectivity index (χ1) is 9.81. The molecule has 2 rings (SSSR count). The minimum atomic E-state index is -0.832. The summed E-state index contributed by atoms with van der Waals surface area (Å²) in [4.78, 5) is 36.3. The first-order valence-corrected chi connectivity index (χ1v) is 6.48. The number of nitrogens with one attached hydrogen (secondary N) is 1. The number of rotatable bonds is 2. The molecule has 7 heteroatoms. The zero-order valence-corrected chi connectivity index (χ0v) is 11.8. The van der Waals surface area contributed by atoms with Crippen molar-refractivity contribution in [3.63, 3.8) is 0 Å². The van der Waals surface area contributed by atoms with Gasteiger partial charge < -0.3 is 11.1 Å². The van der Waals surface area contributed by atoms with Crippen LogP contribution >= 0.6 is 0 Å². The van der Waals surface area contributed by atoms with Crippen molar-refractivity contribution < 1.29 is 18.8 Å². The molecule has 21 heavy (non-hydrogen) atoms. The Bertz CT molecular complexity index is 630. The molecule has 3 N–H and O–H groups in total. The van der Waals surface area contributed by atoms with Gasteiger partial charge in [0.25, 0.3) is 11.8 Å². The Labute approximate surface area is 121 Å². The standard InChI is InChI=1S/C14H16FN3O3/c1-7-5-8(16)6-9(12(7)15)13(20)17-10-3-4-11(19)18(2)14(10)21/h5-6,10H,3-4,16H2,1-2H3,(H,17,20). The Morgan fingerprint density at radius 2 is 2.10 bits per heavy atom. The molecule has 1 heterocycles. The lowest BCUT2D eigenvalue weighted by Crippen LogP contribution is -2.53. The number of aryl methyl sites for hydroxylation is 1. The molecule has 0 radical (unpaired) electrons. The van der Waals surface area contributed by atoms with Gasteiger partial charge in [0.15, 0.2) is 0 Å². The van der Waals surface area contributed by atoms with E-state index in [0.717, 1.165) is 4.90 Å².